The van der Waals surface area contributed by atoms with Crippen LogP contribution in [0.5, 0.6) is 0 Å². The molecule has 1 aromatic heterocycles. The molecule has 4 heteroatoms. The molecule has 0 spiro atoms. The molecule has 2 rings (SSSR count). The van der Waals surface area contributed by atoms with E-state index in [1.807, 2.05) is 12.1 Å². The lowest BCUT2D eigenvalue weighted by Gasteiger charge is -2.30. The summed E-state index contributed by atoms with van der Waals surface area (Å²) < 4.78 is 6.40. The molecule has 3 nitrogen and oxygen atoms in total. The average Bonchev–Trinajstić information content (AvgIpc) is 2.82. The molecule has 0 saturated carbocycles. The molecule has 1 heterocycles. The van der Waals surface area contributed by atoms with Gasteiger partial charge in [-0.3, -0.25) is 0 Å². The molecule has 1 atom stereocenters. The molecular formula is C15H19BrN2O. The first kappa shape index (κ1) is 14.2. The Labute approximate surface area is 122 Å². The zero-order valence-electron chi connectivity index (χ0n) is 11.3. The van der Waals surface area contributed by atoms with Crippen LogP contribution in [0.1, 0.15) is 24.3 Å². The number of furan rings is 1. The number of likely N-dealkylation sites (N-methyl/N-ethyl adjacent to an activating group) is 1. The maximum absolute atomic E-state index is 5.95. The van der Waals surface area contributed by atoms with Crippen molar-refractivity contribution in [1.29, 1.82) is 0 Å². The van der Waals surface area contributed by atoms with Gasteiger partial charge in [-0.25, -0.2) is 0 Å². The van der Waals surface area contributed by atoms with Gasteiger partial charge in [-0.2, -0.15) is 0 Å². The van der Waals surface area contributed by atoms with Crippen molar-refractivity contribution >= 4 is 21.6 Å². The SMILES string of the molecule is CCN(c1cccc(C)c1)C(CN)c1ccc(Br)o1. The Balaban J connectivity index is 2.33. The monoisotopic (exact) mass is 322 g/mol. The first-order valence-corrected chi connectivity index (χ1v) is 7.23. The Hall–Kier alpha value is -1.26. The molecule has 0 aliphatic carbocycles. The second-order valence-corrected chi connectivity index (χ2v) is 5.30. The Kier molecular flexibility index (Phi) is 4.66. The van der Waals surface area contributed by atoms with Crippen molar-refractivity contribution < 1.29 is 4.42 Å². The number of rotatable bonds is 5. The van der Waals surface area contributed by atoms with Gasteiger partial charge in [0.05, 0.1) is 6.04 Å². The number of anilines is 1. The zero-order chi connectivity index (χ0) is 13.8. The maximum atomic E-state index is 5.95. The molecule has 0 bridgehead atoms. The van der Waals surface area contributed by atoms with E-state index in [2.05, 4.69) is 58.9 Å². The van der Waals surface area contributed by atoms with Crippen molar-refractivity contribution in [2.75, 3.05) is 18.0 Å². The maximum Gasteiger partial charge on any atom is 0.169 e. The van der Waals surface area contributed by atoms with E-state index in [4.69, 9.17) is 10.2 Å². The van der Waals surface area contributed by atoms with Gasteiger partial charge in [-0.15, -0.1) is 0 Å². The summed E-state index contributed by atoms with van der Waals surface area (Å²) in [5.74, 6) is 0.887. The van der Waals surface area contributed by atoms with Crippen LogP contribution in [-0.4, -0.2) is 13.1 Å². The van der Waals surface area contributed by atoms with E-state index < -0.39 is 0 Å². The third-order valence-corrected chi connectivity index (χ3v) is 3.62. The molecule has 0 amide bonds. The quantitative estimate of drug-likeness (QED) is 0.908. The molecule has 0 aliphatic heterocycles. The molecule has 0 fully saturated rings. The van der Waals surface area contributed by atoms with Gasteiger partial charge >= 0.3 is 0 Å². The van der Waals surface area contributed by atoms with Crippen molar-refractivity contribution in [2.45, 2.75) is 19.9 Å². The number of benzene rings is 1. The third kappa shape index (κ3) is 3.19. The lowest BCUT2D eigenvalue weighted by atomic mass is 10.1. The lowest BCUT2D eigenvalue weighted by molar-refractivity contribution is 0.438. The predicted molar refractivity (Wildman–Crippen MR) is 82.4 cm³/mol. The van der Waals surface area contributed by atoms with E-state index in [-0.39, 0.29) is 6.04 Å². The largest absolute Gasteiger partial charge is 0.452 e. The highest BCUT2D eigenvalue weighted by atomic mass is 79.9. The number of hydrogen-bond acceptors (Lipinski definition) is 3. The minimum Gasteiger partial charge on any atom is -0.452 e. The van der Waals surface area contributed by atoms with Crippen LogP contribution in [-0.2, 0) is 0 Å². The molecule has 19 heavy (non-hydrogen) atoms. The molecular weight excluding hydrogens is 304 g/mol. The van der Waals surface area contributed by atoms with Gasteiger partial charge in [-0.1, -0.05) is 12.1 Å². The summed E-state index contributed by atoms with van der Waals surface area (Å²) in [6.07, 6.45) is 0. The first-order valence-electron chi connectivity index (χ1n) is 6.44. The topological polar surface area (TPSA) is 42.4 Å². The fourth-order valence-electron chi connectivity index (χ4n) is 2.29. The van der Waals surface area contributed by atoms with Crippen LogP contribution in [0, 0.1) is 6.92 Å². The Bertz CT molecular complexity index is 538. The van der Waals surface area contributed by atoms with Crippen molar-refractivity contribution in [3.8, 4) is 0 Å². The highest BCUT2D eigenvalue weighted by molar-refractivity contribution is 9.10. The smallest absolute Gasteiger partial charge is 0.169 e. The normalized spacial score (nSPS) is 12.4. The van der Waals surface area contributed by atoms with Gasteiger partial charge in [0.1, 0.15) is 5.76 Å². The van der Waals surface area contributed by atoms with Gasteiger partial charge in [0.15, 0.2) is 4.67 Å². The van der Waals surface area contributed by atoms with E-state index in [1.54, 1.807) is 0 Å². The summed E-state index contributed by atoms with van der Waals surface area (Å²) in [5.41, 5.74) is 8.36. The fourth-order valence-corrected chi connectivity index (χ4v) is 2.61. The molecule has 0 saturated heterocycles. The average molecular weight is 323 g/mol. The Morgan fingerprint density at radius 1 is 1.32 bits per heavy atom. The highest BCUT2D eigenvalue weighted by Crippen LogP contribution is 2.29. The van der Waals surface area contributed by atoms with Crippen LogP contribution in [0.3, 0.4) is 0 Å². The summed E-state index contributed by atoms with van der Waals surface area (Å²) in [6, 6.07) is 12.4. The zero-order valence-corrected chi connectivity index (χ0v) is 12.9. The minimum atomic E-state index is 0.0538. The van der Waals surface area contributed by atoms with E-state index in [0.717, 1.165) is 17.0 Å². The second-order valence-electron chi connectivity index (χ2n) is 4.52. The summed E-state index contributed by atoms with van der Waals surface area (Å²) in [4.78, 5) is 2.26. The van der Waals surface area contributed by atoms with Gasteiger partial charge in [-0.05, 0) is 59.6 Å². The van der Waals surface area contributed by atoms with Crippen LogP contribution >= 0.6 is 15.9 Å². The fraction of sp³-hybridized carbons (Fsp3) is 0.333. The summed E-state index contributed by atoms with van der Waals surface area (Å²) in [6.45, 7) is 5.62. The summed E-state index contributed by atoms with van der Waals surface area (Å²) in [7, 11) is 0. The highest BCUT2D eigenvalue weighted by Gasteiger charge is 2.21. The van der Waals surface area contributed by atoms with Crippen LogP contribution in [0.15, 0.2) is 45.5 Å². The second kappa shape index (κ2) is 6.26. The van der Waals surface area contributed by atoms with Crippen molar-refractivity contribution in [1.82, 2.24) is 0 Å². The molecule has 102 valence electrons. The number of nitrogens with zero attached hydrogens (tertiary/aromatic N) is 1. The van der Waals surface area contributed by atoms with E-state index in [1.165, 1.54) is 11.3 Å². The lowest BCUT2D eigenvalue weighted by Crippen LogP contribution is -2.33. The molecule has 0 radical (unpaired) electrons. The van der Waals surface area contributed by atoms with Crippen LogP contribution in [0.2, 0.25) is 0 Å². The molecule has 0 aliphatic rings. The van der Waals surface area contributed by atoms with Crippen molar-refractivity contribution in [3.05, 3.63) is 52.4 Å². The Morgan fingerprint density at radius 3 is 2.63 bits per heavy atom. The minimum absolute atomic E-state index is 0.0538. The van der Waals surface area contributed by atoms with Gasteiger partial charge < -0.3 is 15.1 Å². The first-order chi connectivity index (χ1) is 9.15. The van der Waals surface area contributed by atoms with Crippen molar-refractivity contribution in [2.24, 2.45) is 5.73 Å². The van der Waals surface area contributed by atoms with E-state index in [9.17, 15) is 0 Å². The number of hydrogen-bond donors (Lipinski definition) is 1. The van der Waals surface area contributed by atoms with Crippen LogP contribution in [0.4, 0.5) is 5.69 Å². The van der Waals surface area contributed by atoms with Gasteiger partial charge in [0, 0.05) is 18.8 Å². The number of halogens is 1. The van der Waals surface area contributed by atoms with Gasteiger partial charge in [0.25, 0.3) is 0 Å². The van der Waals surface area contributed by atoms with Crippen LogP contribution in [0.25, 0.3) is 0 Å². The summed E-state index contributed by atoms with van der Waals surface area (Å²) in [5, 5.41) is 0. The van der Waals surface area contributed by atoms with Gasteiger partial charge in [0.2, 0.25) is 0 Å². The van der Waals surface area contributed by atoms with Crippen molar-refractivity contribution in [3.63, 3.8) is 0 Å². The van der Waals surface area contributed by atoms with E-state index in [0.29, 0.717) is 6.54 Å². The standard InChI is InChI=1S/C15H19BrN2O/c1-3-18(12-6-4-5-11(2)9-12)13(10-17)14-7-8-15(16)19-14/h4-9,13H,3,10,17H2,1-2H3. The Morgan fingerprint density at radius 2 is 2.11 bits per heavy atom. The number of nitrogens with two attached hydrogens (primary N) is 1. The predicted octanol–water partition coefficient (Wildman–Crippen LogP) is 3.88. The molecule has 2 N–H and O–H groups in total. The van der Waals surface area contributed by atoms with Crippen LogP contribution < -0.4 is 10.6 Å². The molecule has 1 unspecified atom stereocenters. The molecule has 2 aromatic rings. The summed E-state index contributed by atoms with van der Waals surface area (Å²) >= 11 is 3.34. The third-order valence-electron chi connectivity index (χ3n) is 3.20. The van der Waals surface area contributed by atoms with E-state index >= 15 is 0 Å². The number of aryl methyl sites for hydroxylation is 1. The molecule has 1 aromatic carbocycles.